The van der Waals surface area contributed by atoms with Gasteiger partial charge in [0.1, 0.15) is 0 Å². The number of hydrogen-bond acceptors (Lipinski definition) is 5. The quantitative estimate of drug-likeness (QED) is 0.629. The fourth-order valence-corrected chi connectivity index (χ4v) is 2.59. The van der Waals surface area contributed by atoms with E-state index in [2.05, 4.69) is 10.2 Å². The van der Waals surface area contributed by atoms with E-state index in [1.807, 2.05) is 12.1 Å². The molecule has 1 aromatic rings. The molecule has 0 atom stereocenters. The summed E-state index contributed by atoms with van der Waals surface area (Å²) in [5.74, 6) is -2.76. The molecule has 0 radical (unpaired) electrons. The highest BCUT2D eigenvalue weighted by Crippen LogP contribution is 2.44. The molecule has 1 heterocycles. The number of nitro groups is 1. The number of aliphatic carboxylic acids is 1. The van der Waals surface area contributed by atoms with Crippen LogP contribution < -0.4 is 10.2 Å². The summed E-state index contributed by atoms with van der Waals surface area (Å²) in [6, 6.07) is 6.91. The predicted octanol–water partition coefficient (Wildman–Crippen LogP) is 2.17. The van der Waals surface area contributed by atoms with Crippen LogP contribution in [0.4, 0.5) is 24.5 Å². The van der Waals surface area contributed by atoms with Crippen LogP contribution in [-0.4, -0.2) is 47.3 Å². The molecule has 0 amide bonds. The average Bonchev–Trinajstić information content (AvgIpc) is 3.27. The van der Waals surface area contributed by atoms with Gasteiger partial charge in [-0.3, -0.25) is 10.1 Å². The fraction of sp³-hybridized carbons (Fsp3) is 0.500. The molecule has 2 N–H and O–H groups in total. The summed E-state index contributed by atoms with van der Waals surface area (Å²) in [6.45, 7) is 3.00. The van der Waals surface area contributed by atoms with E-state index in [0.29, 0.717) is 0 Å². The molecule has 0 unspecified atom stereocenters. The topological polar surface area (TPSA) is 95.7 Å². The van der Waals surface area contributed by atoms with Crippen molar-refractivity contribution < 1.29 is 28.0 Å². The number of carbonyl (C=O) groups is 1. The lowest BCUT2D eigenvalue weighted by molar-refractivity contribution is -0.384. The number of hydrogen-bond donors (Lipinski definition) is 2. The molecule has 132 valence electrons. The van der Waals surface area contributed by atoms with Gasteiger partial charge in [0.15, 0.2) is 0 Å². The van der Waals surface area contributed by atoms with Crippen molar-refractivity contribution >= 4 is 17.3 Å². The van der Waals surface area contributed by atoms with Crippen molar-refractivity contribution in [2.75, 3.05) is 24.5 Å². The van der Waals surface area contributed by atoms with E-state index in [1.165, 1.54) is 12.8 Å². The van der Waals surface area contributed by atoms with Crippen LogP contribution in [-0.2, 0) is 4.79 Å². The summed E-state index contributed by atoms with van der Waals surface area (Å²) in [4.78, 5) is 21.5. The lowest BCUT2D eigenvalue weighted by atomic mass is 10.1. The molecule has 1 aliphatic heterocycles. The molecule has 2 aliphatic rings. The van der Waals surface area contributed by atoms with Crippen molar-refractivity contribution in [3.8, 4) is 0 Å². The molecule has 24 heavy (non-hydrogen) atoms. The SMILES string of the molecule is O=C(O)C(F)(F)F.O=[N+]([O-])c1ccc(N2CCNCC23CC3)cc1. The molecule has 1 spiro atoms. The van der Waals surface area contributed by atoms with E-state index in [9.17, 15) is 23.3 Å². The van der Waals surface area contributed by atoms with E-state index >= 15 is 0 Å². The van der Waals surface area contributed by atoms with Crippen LogP contribution in [0, 0.1) is 10.1 Å². The smallest absolute Gasteiger partial charge is 0.475 e. The van der Waals surface area contributed by atoms with E-state index < -0.39 is 12.1 Å². The van der Waals surface area contributed by atoms with E-state index in [-0.39, 0.29) is 16.1 Å². The minimum atomic E-state index is -5.08. The van der Waals surface area contributed by atoms with Gasteiger partial charge in [-0.2, -0.15) is 13.2 Å². The highest BCUT2D eigenvalue weighted by Gasteiger charge is 2.49. The van der Waals surface area contributed by atoms with Gasteiger partial charge in [-0.05, 0) is 25.0 Å². The molecule has 1 aromatic carbocycles. The average molecular weight is 347 g/mol. The highest BCUT2D eigenvalue weighted by molar-refractivity contribution is 5.73. The van der Waals surface area contributed by atoms with Crippen LogP contribution in [0.5, 0.6) is 0 Å². The van der Waals surface area contributed by atoms with Crippen LogP contribution in [0.2, 0.25) is 0 Å². The van der Waals surface area contributed by atoms with Gasteiger partial charge in [0.25, 0.3) is 5.69 Å². The number of piperazine rings is 1. The van der Waals surface area contributed by atoms with Crippen molar-refractivity contribution in [1.29, 1.82) is 0 Å². The third-order valence-corrected chi connectivity index (χ3v) is 3.98. The first kappa shape index (κ1) is 18.0. The van der Waals surface area contributed by atoms with Crippen LogP contribution >= 0.6 is 0 Å². The maximum Gasteiger partial charge on any atom is 0.490 e. The number of anilines is 1. The van der Waals surface area contributed by atoms with Gasteiger partial charge in [-0.25, -0.2) is 4.79 Å². The number of halogens is 3. The van der Waals surface area contributed by atoms with Crippen LogP contribution in [0.3, 0.4) is 0 Å². The normalized spacial score (nSPS) is 18.5. The maximum atomic E-state index is 10.6. The largest absolute Gasteiger partial charge is 0.490 e. The first-order valence-electron chi connectivity index (χ1n) is 7.19. The number of non-ortho nitro benzene ring substituents is 1. The number of alkyl halides is 3. The first-order valence-corrected chi connectivity index (χ1v) is 7.19. The van der Waals surface area contributed by atoms with Crippen LogP contribution in [0.1, 0.15) is 12.8 Å². The van der Waals surface area contributed by atoms with Gasteiger partial charge in [-0.1, -0.05) is 0 Å². The predicted molar refractivity (Wildman–Crippen MR) is 79.0 cm³/mol. The number of rotatable bonds is 2. The van der Waals surface area contributed by atoms with Crippen LogP contribution in [0.15, 0.2) is 24.3 Å². The number of carboxylic acid groups (broad SMARTS) is 1. The molecule has 1 aliphatic carbocycles. The lowest BCUT2D eigenvalue weighted by Crippen LogP contribution is -2.53. The van der Waals surface area contributed by atoms with Gasteiger partial charge >= 0.3 is 12.1 Å². The highest BCUT2D eigenvalue weighted by atomic mass is 19.4. The second-order valence-electron chi connectivity index (χ2n) is 5.63. The third-order valence-electron chi connectivity index (χ3n) is 3.98. The summed E-state index contributed by atoms with van der Waals surface area (Å²) in [5.41, 5.74) is 1.55. The summed E-state index contributed by atoms with van der Waals surface area (Å²) >= 11 is 0. The molecule has 1 saturated heterocycles. The molecule has 2 fully saturated rings. The zero-order valence-corrected chi connectivity index (χ0v) is 12.5. The monoisotopic (exact) mass is 347 g/mol. The molecule has 10 heteroatoms. The minimum Gasteiger partial charge on any atom is -0.475 e. The Hall–Kier alpha value is -2.36. The fourth-order valence-electron chi connectivity index (χ4n) is 2.59. The van der Waals surface area contributed by atoms with Gasteiger partial charge in [0, 0.05) is 37.5 Å². The number of nitro benzene ring substituents is 1. The van der Waals surface area contributed by atoms with Crippen molar-refractivity contribution in [3.05, 3.63) is 34.4 Å². The Morgan fingerprint density at radius 3 is 2.25 bits per heavy atom. The molecular weight excluding hydrogens is 331 g/mol. The van der Waals surface area contributed by atoms with Gasteiger partial charge < -0.3 is 15.3 Å². The second kappa shape index (κ2) is 6.63. The Bertz CT molecular complexity index is 615. The van der Waals surface area contributed by atoms with Crippen molar-refractivity contribution in [2.45, 2.75) is 24.6 Å². The summed E-state index contributed by atoms with van der Waals surface area (Å²) < 4.78 is 31.7. The van der Waals surface area contributed by atoms with Crippen LogP contribution in [0.25, 0.3) is 0 Å². The molecule has 0 aromatic heterocycles. The van der Waals surface area contributed by atoms with Gasteiger partial charge in [-0.15, -0.1) is 0 Å². The number of benzene rings is 1. The number of nitrogens with one attached hydrogen (secondary N) is 1. The molecule has 7 nitrogen and oxygen atoms in total. The second-order valence-corrected chi connectivity index (χ2v) is 5.63. The zero-order valence-electron chi connectivity index (χ0n) is 12.5. The summed E-state index contributed by atoms with van der Waals surface area (Å²) in [5, 5.41) is 21.2. The maximum absolute atomic E-state index is 10.6. The molecule has 1 saturated carbocycles. The Morgan fingerprint density at radius 2 is 1.83 bits per heavy atom. The van der Waals surface area contributed by atoms with E-state index in [4.69, 9.17) is 9.90 Å². The van der Waals surface area contributed by atoms with Crippen molar-refractivity contribution in [2.24, 2.45) is 0 Å². The van der Waals surface area contributed by atoms with E-state index in [0.717, 1.165) is 25.3 Å². The van der Waals surface area contributed by atoms with Crippen molar-refractivity contribution in [3.63, 3.8) is 0 Å². The Balaban J connectivity index is 0.000000256. The number of nitrogens with zero attached hydrogens (tertiary/aromatic N) is 2. The standard InChI is InChI=1S/C12H15N3O2.C2HF3O2/c16-15(17)11-3-1-10(2-4-11)14-8-7-13-9-12(14)5-6-12;3-2(4,5)1(6)7/h1-4,13H,5-9H2;(H,6,7). The van der Waals surface area contributed by atoms with Crippen molar-refractivity contribution in [1.82, 2.24) is 5.32 Å². The minimum absolute atomic E-state index is 0.161. The summed E-state index contributed by atoms with van der Waals surface area (Å²) in [6.07, 6.45) is -2.64. The third kappa shape index (κ3) is 4.13. The van der Waals surface area contributed by atoms with Gasteiger partial charge in [0.2, 0.25) is 0 Å². The first-order chi connectivity index (χ1) is 11.2. The van der Waals surface area contributed by atoms with E-state index in [1.54, 1.807) is 12.1 Å². The molecular formula is C14H16F3N3O4. The molecule has 3 rings (SSSR count). The zero-order chi connectivity index (χ0) is 18.0. The molecule has 0 bridgehead atoms. The lowest BCUT2D eigenvalue weighted by Gasteiger charge is -2.38. The Morgan fingerprint density at radius 1 is 1.29 bits per heavy atom. The number of carboxylic acids is 1. The summed E-state index contributed by atoms with van der Waals surface area (Å²) in [7, 11) is 0. The Kier molecular flexibility index (Phi) is 4.97. The van der Waals surface area contributed by atoms with Gasteiger partial charge in [0.05, 0.1) is 10.5 Å². The Labute approximate surface area is 135 Å².